The second-order valence-corrected chi connectivity index (χ2v) is 3.94. The average Bonchev–Trinajstić information content (AvgIpc) is 2.28. The molecule has 0 spiro atoms. The standard InChI is InChI=1S/C12H18N2O2/c1-9-5-11(7-15)6-13-12(9)14(3)10(2)8-16-4/h5-7,10H,8H2,1-4H3. The van der Waals surface area contributed by atoms with Crippen molar-refractivity contribution in [2.75, 3.05) is 25.7 Å². The normalized spacial score (nSPS) is 12.2. The van der Waals surface area contributed by atoms with Gasteiger partial charge >= 0.3 is 0 Å². The fourth-order valence-electron chi connectivity index (χ4n) is 1.58. The van der Waals surface area contributed by atoms with E-state index in [2.05, 4.69) is 11.9 Å². The van der Waals surface area contributed by atoms with Gasteiger partial charge in [0.15, 0.2) is 6.29 Å². The molecular formula is C12H18N2O2. The fraction of sp³-hybridized carbons (Fsp3) is 0.500. The summed E-state index contributed by atoms with van der Waals surface area (Å²) in [4.78, 5) is 16.9. The van der Waals surface area contributed by atoms with Crippen LogP contribution in [0.4, 0.5) is 5.82 Å². The SMILES string of the molecule is COCC(C)N(C)c1ncc(C=O)cc1C. The van der Waals surface area contributed by atoms with Crippen LogP contribution >= 0.6 is 0 Å². The number of nitrogens with zero attached hydrogens (tertiary/aromatic N) is 2. The zero-order valence-electron chi connectivity index (χ0n) is 10.2. The number of hydrogen-bond acceptors (Lipinski definition) is 4. The molecule has 4 heteroatoms. The molecule has 0 fully saturated rings. The molecule has 0 saturated carbocycles. The molecule has 0 bridgehead atoms. The Morgan fingerprint density at radius 2 is 2.31 bits per heavy atom. The highest BCUT2D eigenvalue weighted by Crippen LogP contribution is 2.18. The van der Waals surface area contributed by atoms with E-state index in [-0.39, 0.29) is 6.04 Å². The number of aryl methyl sites for hydroxylation is 1. The topological polar surface area (TPSA) is 42.4 Å². The first-order chi connectivity index (χ1) is 7.60. The van der Waals surface area contributed by atoms with Crippen molar-refractivity contribution >= 4 is 12.1 Å². The van der Waals surface area contributed by atoms with Crippen LogP contribution in [-0.2, 0) is 4.74 Å². The third kappa shape index (κ3) is 2.79. The molecule has 1 heterocycles. The molecule has 0 aliphatic rings. The molecule has 1 atom stereocenters. The largest absolute Gasteiger partial charge is 0.383 e. The first-order valence-corrected chi connectivity index (χ1v) is 5.23. The Kier molecular flexibility index (Phi) is 4.43. The van der Waals surface area contributed by atoms with Crippen LogP contribution in [0, 0.1) is 6.92 Å². The van der Waals surface area contributed by atoms with Crippen molar-refractivity contribution in [2.24, 2.45) is 0 Å². The highest BCUT2D eigenvalue weighted by Gasteiger charge is 2.13. The number of likely N-dealkylation sites (N-methyl/N-ethyl adjacent to an activating group) is 1. The summed E-state index contributed by atoms with van der Waals surface area (Å²) >= 11 is 0. The van der Waals surface area contributed by atoms with Gasteiger partial charge in [-0.25, -0.2) is 4.98 Å². The lowest BCUT2D eigenvalue weighted by Gasteiger charge is -2.26. The lowest BCUT2D eigenvalue weighted by atomic mass is 10.2. The number of aromatic nitrogens is 1. The monoisotopic (exact) mass is 222 g/mol. The summed E-state index contributed by atoms with van der Waals surface area (Å²) in [6.45, 7) is 4.66. The van der Waals surface area contributed by atoms with Gasteiger partial charge in [0.05, 0.1) is 12.6 Å². The molecule has 0 aromatic carbocycles. The molecule has 0 saturated heterocycles. The summed E-state index contributed by atoms with van der Waals surface area (Å²) in [5.74, 6) is 0.884. The van der Waals surface area contributed by atoms with Crippen molar-refractivity contribution in [3.05, 3.63) is 23.4 Å². The minimum Gasteiger partial charge on any atom is -0.383 e. The Balaban J connectivity index is 2.91. The lowest BCUT2D eigenvalue weighted by Crippen LogP contribution is -2.33. The van der Waals surface area contributed by atoms with E-state index in [1.54, 1.807) is 13.3 Å². The number of aldehydes is 1. The third-order valence-corrected chi connectivity index (χ3v) is 2.61. The van der Waals surface area contributed by atoms with Crippen LogP contribution in [0.2, 0.25) is 0 Å². The Morgan fingerprint density at radius 1 is 1.62 bits per heavy atom. The first-order valence-electron chi connectivity index (χ1n) is 5.23. The van der Waals surface area contributed by atoms with Crippen LogP contribution in [-0.4, -0.2) is 38.1 Å². The van der Waals surface area contributed by atoms with Crippen molar-refractivity contribution in [3.63, 3.8) is 0 Å². The summed E-state index contributed by atoms with van der Waals surface area (Å²) in [6.07, 6.45) is 2.40. The molecule has 0 N–H and O–H groups in total. The van der Waals surface area contributed by atoms with Crippen molar-refractivity contribution in [2.45, 2.75) is 19.9 Å². The summed E-state index contributed by atoms with van der Waals surface area (Å²) in [5.41, 5.74) is 1.60. The number of anilines is 1. The summed E-state index contributed by atoms with van der Waals surface area (Å²) in [5, 5.41) is 0. The number of rotatable bonds is 5. The summed E-state index contributed by atoms with van der Waals surface area (Å²) in [7, 11) is 3.65. The van der Waals surface area contributed by atoms with Gasteiger partial charge in [-0.15, -0.1) is 0 Å². The summed E-state index contributed by atoms with van der Waals surface area (Å²) < 4.78 is 5.11. The minimum absolute atomic E-state index is 0.248. The third-order valence-electron chi connectivity index (χ3n) is 2.61. The van der Waals surface area contributed by atoms with Crippen LogP contribution in [0.15, 0.2) is 12.3 Å². The fourth-order valence-corrected chi connectivity index (χ4v) is 1.58. The van der Waals surface area contributed by atoms with Crippen LogP contribution < -0.4 is 4.90 Å². The smallest absolute Gasteiger partial charge is 0.151 e. The minimum atomic E-state index is 0.248. The van der Waals surface area contributed by atoms with E-state index >= 15 is 0 Å². The molecule has 1 rings (SSSR count). The highest BCUT2D eigenvalue weighted by molar-refractivity contribution is 5.75. The van der Waals surface area contributed by atoms with E-state index in [9.17, 15) is 4.79 Å². The number of ether oxygens (including phenoxy) is 1. The molecule has 1 aromatic heterocycles. The Bertz CT molecular complexity index is 366. The number of pyridine rings is 1. The van der Waals surface area contributed by atoms with E-state index in [4.69, 9.17) is 4.74 Å². The number of methoxy groups -OCH3 is 1. The molecule has 0 aliphatic heterocycles. The predicted molar refractivity (Wildman–Crippen MR) is 64.1 cm³/mol. The maximum absolute atomic E-state index is 10.6. The predicted octanol–water partition coefficient (Wildman–Crippen LogP) is 1.67. The van der Waals surface area contributed by atoms with E-state index in [1.807, 2.05) is 24.9 Å². The summed E-state index contributed by atoms with van der Waals surface area (Å²) in [6, 6.07) is 2.09. The van der Waals surface area contributed by atoms with Crippen molar-refractivity contribution in [3.8, 4) is 0 Å². The molecular weight excluding hydrogens is 204 g/mol. The van der Waals surface area contributed by atoms with E-state index < -0.39 is 0 Å². The number of carbonyl (C=O) groups is 1. The Labute approximate surface area is 96.2 Å². The molecule has 4 nitrogen and oxygen atoms in total. The zero-order valence-corrected chi connectivity index (χ0v) is 10.2. The molecule has 0 radical (unpaired) electrons. The van der Waals surface area contributed by atoms with Crippen LogP contribution in [0.5, 0.6) is 0 Å². The lowest BCUT2D eigenvalue weighted by molar-refractivity contribution is 0.112. The maximum Gasteiger partial charge on any atom is 0.151 e. The van der Waals surface area contributed by atoms with Gasteiger partial charge in [-0.3, -0.25) is 4.79 Å². The average molecular weight is 222 g/mol. The highest BCUT2D eigenvalue weighted by atomic mass is 16.5. The Morgan fingerprint density at radius 3 is 2.81 bits per heavy atom. The van der Waals surface area contributed by atoms with Crippen molar-refractivity contribution in [1.82, 2.24) is 4.98 Å². The Hall–Kier alpha value is -1.42. The molecule has 16 heavy (non-hydrogen) atoms. The van der Waals surface area contributed by atoms with E-state index in [0.29, 0.717) is 12.2 Å². The van der Waals surface area contributed by atoms with Crippen molar-refractivity contribution in [1.29, 1.82) is 0 Å². The van der Waals surface area contributed by atoms with Gasteiger partial charge in [-0.05, 0) is 25.5 Å². The first kappa shape index (κ1) is 12.6. The number of hydrogen-bond donors (Lipinski definition) is 0. The molecule has 1 aromatic rings. The van der Waals surface area contributed by atoms with Gasteiger partial charge in [0.2, 0.25) is 0 Å². The quantitative estimate of drug-likeness (QED) is 0.711. The molecule has 0 aliphatic carbocycles. The van der Waals surface area contributed by atoms with E-state index in [1.165, 1.54) is 0 Å². The molecule has 1 unspecified atom stereocenters. The van der Waals surface area contributed by atoms with E-state index in [0.717, 1.165) is 17.7 Å². The second-order valence-electron chi connectivity index (χ2n) is 3.94. The maximum atomic E-state index is 10.6. The van der Waals surface area contributed by atoms with Gasteiger partial charge in [0, 0.05) is 25.9 Å². The van der Waals surface area contributed by atoms with Crippen LogP contribution in [0.25, 0.3) is 0 Å². The van der Waals surface area contributed by atoms with Gasteiger partial charge in [0.1, 0.15) is 5.82 Å². The van der Waals surface area contributed by atoms with Crippen LogP contribution in [0.1, 0.15) is 22.8 Å². The van der Waals surface area contributed by atoms with Crippen LogP contribution in [0.3, 0.4) is 0 Å². The number of carbonyl (C=O) groups excluding carboxylic acids is 1. The van der Waals surface area contributed by atoms with Crippen molar-refractivity contribution < 1.29 is 9.53 Å². The zero-order chi connectivity index (χ0) is 12.1. The van der Waals surface area contributed by atoms with Gasteiger partial charge < -0.3 is 9.64 Å². The second kappa shape index (κ2) is 5.61. The molecule has 0 amide bonds. The van der Waals surface area contributed by atoms with Gasteiger partial charge in [-0.1, -0.05) is 0 Å². The van der Waals surface area contributed by atoms with Gasteiger partial charge in [-0.2, -0.15) is 0 Å². The molecule has 88 valence electrons. The van der Waals surface area contributed by atoms with Gasteiger partial charge in [0.25, 0.3) is 0 Å².